The van der Waals surface area contributed by atoms with Crippen molar-refractivity contribution >= 4 is 12.0 Å². The molecule has 5 nitrogen and oxygen atoms in total. The van der Waals surface area contributed by atoms with Crippen LogP contribution in [0.3, 0.4) is 0 Å². The fraction of sp³-hybridized carbons (Fsp3) is 0.379. The van der Waals surface area contributed by atoms with Gasteiger partial charge in [0.15, 0.2) is 0 Å². The van der Waals surface area contributed by atoms with E-state index in [0.29, 0.717) is 6.42 Å². The third-order valence-corrected chi connectivity index (χ3v) is 6.69. The first-order valence-electron chi connectivity index (χ1n) is 12.4. The number of aryl methyl sites for hydroxylation is 1. The summed E-state index contributed by atoms with van der Waals surface area (Å²) in [5.41, 5.74) is 2.10. The maximum atomic E-state index is 15.6. The molecular weight excluding hydrogens is 479 g/mol. The highest BCUT2D eigenvalue weighted by molar-refractivity contribution is 5.86. The number of esters is 1. The zero-order valence-electron chi connectivity index (χ0n) is 21.8. The van der Waals surface area contributed by atoms with Gasteiger partial charge >= 0.3 is 5.97 Å². The van der Waals surface area contributed by atoms with Crippen LogP contribution >= 0.6 is 0 Å². The van der Waals surface area contributed by atoms with Gasteiger partial charge < -0.3 is 4.74 Å². The summed E-state index contributed by atoms with van der Waals surface area (Å²) in [5.74, 6) is -2.15. The molecule has 196 valence electrons. The first kappa shape index (κ1) is 26.7. The molecular formula is C29H32F3N3O2. The van der Waals surface area contributed by atoms with Gasteiger partial charge in [-0.1, -0.05) is 18.2 Å². The average Bonchev–Trinajstić information content (AvgIpc) is 3.32. The lowest BCUT2D eigenvalue weighted by atomic mass is 9.82. The molecule has 0 N–H and O–H groups in total. The molecule has 0 amide bonds. The maximum absolute atomic E-state index is 15.6. The molecule has 37 heavy (non-hydrogen) atoms. The second kappa shape index (κ2) is 10.5. The van der Waals surface area contributed by atoms with E-state index in [2.05, 4.69) is 9.84 Å². The van der Waals surface area contributed by atoms with Crippen molar-refractivity contribution in [2.45, 2.75) is 58.4 Å². The van der Waals surface area contributed by atoms with E-state index in [-0.39, 0.29) is 23.7 Å². The highest BCUT2D eigenvalue weighted by Crippen LogP contribution is 2.42. The lowest BCUT2D eigenvalue weighted by molar-refractivity contribution is -0.134. The van der Waals surface area contributed by atoms with Gasteiger partial charge in [0, 0.05) is 42.5 Å². The van der Waals surface area contributed by atoms with Crippen LogP contribution in [-0.4, -0.2) is 46.0 Å². The van der Waals surface area contributed by atoms with E-state index in [1.807, 2.05) is 47.8 Å². The SMILES string of the molecule is CCn1cc(-c2ccc3c(c2)CC(C)N(CC(C)(C)F)C3c2c(F)cc(/C=C/C(=O)OC)cc2F)cn1. The fourth-order valence-corrected chi connectivity index (χ4v) is 4.98. The zero-order valence-corrected chi connectivity index (χ0v) is 21.8. The zero-order chi connectivity index (χ0) is 26.9. The molecule has 2 heterocycles. The van der Waals surface area contributed by atoms with Gasteiger partial charge in [-0.15, -0.1) is 0 Å². The van der Waals surface area contributed by atoms with Crippen molar-refractivity contribution in [1.82, 2.24) is 14.7 Å². The molecule has 1 aliphatic heterocycles. The summed E-state index contributed by atoms with van der Waals surface area (Å²) < 4.78 is 52.5. The van der Waals surface area contributed by atoms with Crippen molar-refractivity contribution in [3.63, 3.8) is 0 Å². The van der Waals surface area contributed by atoms with Crippen molar-refractivity contribution in [3.05, 3.63) is 82.7 Å². The predicted molar refractivity (Wildman–Crippen MR) is 138 cm³/mol. The molecule has 1 aromatic heterocycles. The summed E-state index contributed by atoms with van der Waals surface area (Å²) >= 11 is 0. The molecule has 8 heteroatoms. The number of halogens is 3. The number of alkyl halides is 1. The van der Waals surface area contributed by atoms with Crippen LogP contribution in [0.15, 0.2) is 48.8 Å². The van der Waals surface area contributed by atoms with Gasteiger partial charge in [0.1, 0.15) is 17.3 Å². The largest absolute Gasteiger partial charge is 0.466 e. The van der Waals surface area contributed by atoms with Crippen LogP contribution in [0, 0.1) is 11.6 Å². The number of aromatic nitrogens is 2. The van der Waals surface area contributed by atoms with Crippen molar-refractivity contribution in [2.24, 2.45) is 0 Å². The molecule has 0 spiro atoms. The standard InChI is InChI=1S/C29H32F3N3O2/c1-6-34-16-22(15-33-34)20-8-9-23-21(14-20)11-18(2)35(17-29(3,4)32)28(23)27-24(30)12-19(13-25(27)31)7-10-26(36)37-5/h7-10,12-16,18,28H,6,11,17H2,1-5H3/b10-7+. The first-order chi connectivity index (χ1) is 17.5. The molecule has 2 aromatic carbocycles. The second-order valence-corrected chi connectivity index (χ2v) is 10.1. The Hall–Kier alpha value is -3.39. The first-order valence-corrected chi connectivity index (χ1v) is 12.4. The Balaban J connectivity index is 1.83. The Morgan fingerprint density at radius 3 is 2.49 bits per heavy atom. The van der Waals surface area contributed by atoms with Gasteiger partial charge in [-0.2, -0.15) is 5.10 Å². The van der Waals surface area contributed by atoms with Crippen LogP contribution in [0.25, 0.3) is 17.2 Å². The van der Waals surface area contributed by atoms with E-state index in [4.69, 9.17) is 0 Å². The number of fused-ring (bicyclic) bond motifs is 1. The summed E-state index contributed by atoms with van der Waals surface area (Å²) in [4.78, 5) is 13.3. The van der Waals surface area contributed by atoms with Gasteiger partial charge in [0.05, 0.1) is 19.3 Å². The molecule has 0 saturated carbocycles. The minimum absolute atomic E-state index is 0.00612. The molecule has 0 radical (unpaired) electrons. The van der Waals surface area contributed by atoms with Crippen LogP contribution < -0.4 is 0 Å². The molecule has 2 atom stereocenters. The Labute approximate surface area is 215 Å². The summed E-state index contributed by atoms with van der Waals surface area (Å²) in [7, 11) is 1.22. The molecule has 4 rings (SSSR count). The minimum Gasteiger partial charge on any atom is -0.466 e. The number of carbonyl (C=O) groups excluding carboxylic acids is 1. The number of carbonyl (C=O) groups is 1. The predicted octanol–water partition coefficient (Wildman–Crippen LogP) is 6.12. The van der Waals surface area contributed by atoms with E-state index in [0.717, 1.165) is 34.9 Å². The quantitative estimate of drug-likeness (QED) is 0.283. The average molecular weight is 512 g/mol. The highest BCUT2D eigenvalue weighted by atomic mass is 19.1. The molecule has 0 bridgehead atoms. The van der Waals surface area contributed by atoms with E-state index in [9.17, 15) is 9.18 Å². The lowest BCUT2D eigenvalue weighted by Crippen LogP contribution is -2.48. The van der Waals surface area contributed by atoms with E-state index in [1.165, 1.54) is 39.2 Å². The number of methoxy groups -OCH3 is 1. The molecule has 0 saturated heterocycles. The number of hydrogen-bond acceptors (Lipinski definition) is 4. The molecule has 3 aromatic rings. The summed E-state index contributed by atoms with van der Waals surface area (Å²) in [6.45, 7) is 7.65. The molecule has 2 unspecified atom stereocenters. The van der Waals surface area contributed by atoms with E-state index >= 15 is 8.78 Å². The molecule has 0 fully saturated rings. The number of rotatable bonds is 7. The summed E-state index contributed by atoms with van der Waals surface area (Å²) in [6, 6.07) is 7.22. The maximum Gasteiger partial charge on any atom is 0.330 e. The van der Waals surface area contributed by atoms with Crippen molar-refractivity contribution < 1.29 is 22.7 Å². The minimum atomic E-state index is -1.57. The summed E-state index contributed by atoms with van der Waals surface area (Å²) in [6.07, 6.45) is 6.77. The van der Waals surface area contributed by atoms with Crippen molar-refractivity contribution in [3.8, 4) is 11.1 Å². The van der Waals surface area contributed by atoms with Crippen molar-refractivity contribution in [1.29, 1.82) is 0 Å². The van der Waals surface area contributed by atoms with Crippen LogP contribution in [0.1, 0.15) is 56.0 Å². The molecule has 0 aliphatic carbocycles. The fourth-order valence-electron chi connectivity index (χ4n) is 4.98. The normalized spacial score (nSPS) is 18.3. The Morgan fingerprint density at radius 1 is 1.19 bits per heavy atom. The topological polar surface area (TPSA) is 47.4 Å². The van der Waals surface area contributed by atoms with Crippen LogP contribution in [0.4, 0.5) is 13.2 Å². The molecule has 1 aliphatic rings. The number of ether oxygens (including phenoxy) is 1. The van der Waals surface area contributed by atoms with E-state index in [1.54, 1.807) is 6.20 Å². The third kappa shape index (κ3) is 5.80. The number of nitrogens with zero attached hydrogens (tertiary/aromatic N) is 3. The van der Waals surface area contributed by atoms with Gasteiger partial charge in [-0.05, 0) is 74.6 Å². The van der Waals surface area contributed by atoms with Gasteiger partial charge in [0.2, 0.25) is 0 Å². The van der Waals surface area contributed by atoms with Gasteiger partial charge in [-0.3, -0.25) is 9.58 Å². The van der Waals surface area contributed by atoms with Gasteiger partial charge in [0.25, 0.3) is 0 Å². The van der Waals surface area contributed by atoms with Crippen molar-refractivity contribution in [2.75, 3.05) is 13.7 Å². The van der Waals surface area contributed by atoms with Crippen LogP contribution in [-0.2, 0) is 22.5 Å². The third-order valence-electron chi connectivity index (χ3n) is 6.69. The van der Waals surface area contributed by atoms with E-state index < -0.39 is 29.3 Å². The Bertz CT molecular complexity index is 1300. The number of hydrogen-bond donors (Lipinski definition) is 0. The lowest BCUT2D eigenvalue weighted by Gasteiger charge is -2.44. The van der Waals surface area contributed by atoms with Crippen LogP contribution in [0.2, 0.25) is 0 Å². The number of benzene rings is 2. The van der Waals surface area contributed by atoms with Crippen LogP contribution in [0.5, 0.6) is 0 Å². The highest BCUT2D eigenvalue weighted by Gasteiger charge is 2.39. The summed E-state index contributed by atoms with van der Waals surface area (Å²) in [5, 5.41) is 4.35. The smallest absolute Gasteiger partial charge is 0.330 e. The Kier molecular flexibility index (Phi) is 7.59. The monoisotopic (exact) mass is 511 g/mol. The van der Waals surface area contributed by atoms with Gasteiger partial charge in [-0.25, -0.2) is 18.0 Å². The second-order valence-electron chi connectivity index (χ2n) is 10.1. The Morgan fingerprint density at radius 2 is 1.89 bits per heavy atom.